The number of hydrogen-bond donors (Lipinski definition) is 1. The van der Waals surface area contributed by atoms with Crippen molar-refractivity contribution in [1.29, 1.82) is 0 Å². The van der Waals surface area contributed by atoms with Crippen LogP contribution < -0.4 is 5.32 Å². The van der Waals surface area contributed by atoms with Gasteiger partial charge in [0, 0.05) is 12.5 Å². The molecule has 0 saturated carbocycles. The normalized spacial score (nSPS) is 9.93. The Labute approximate surface area is 86.1 Å². The molecule has 0 saturated heterocycles. The minimum atomic E-state index is -0.238. The zero-order valence-electron chi connectivity index (χ0n) is 8.10. The van der Waals surface area contributed by atoms with Crippen LogP contribution in [0, 0.1) is 0 Å². The number of rotatable bonds is 2. The lowest BCUT2D eigenvalue weighted by Gasteiger charge is -1.91. The van der Waals surface area contributed by atoms with Crippen molar-refractivity contribution in [2.24, 2.45) is 0 Å². The molecule has 1 N–H and O–H groups in total. The van der Waals surface area contributed by atoms with Crippen LogP contribution in [-0.2, 0) is 4.79 Å². The Hall–Kier alpha value is -2.17. The van der Waals surface area contributed by atoms with E-state index < -0.39 is 0 Å². The van der Waals surface area contributed by atoms with Gasteiger partial charge >= 0.3 is 6.01 Å². The lowest BCUT2D eigenvalue weighted by atomic mass is 10.2. The van der Waals surface area contributed by atoms with Crippen LogP contribution in [0.15, 0.2) is 34.9 Å². The van der Waals surface area contributed by atoms with Gasteiger partial charge in [-0.2, -0.15) is 4.98 Å². The van der Waals surface area contributed by atoms with Crippen molar-refractivity contribution in [3.63, 3.8) is 0 Å². The van der Waals surface area contributed by atoms with Gasteiger partial charge in [0.05, 0.1) is 0 Å². The van der Waals surface area contributed by atoms with Crippen molar-refractivity contribution in [3.05, 3.63) is 30.3 Å². The quantitative estimate of drug-likeness (QED) is 0.806. The maximum Gasteiger partial charge on any atom is 0.328 e. The first-order valence-electron chi connectivity index (χ1n) is 4.42. The van der Waals surface area contributed by atoms with Crippen LogP contribution in [0.4, 0.5) is 6.01 Å². The fourth-order valence-corrected chi connectivity index (χ4v) is 1.13. The van der Waals surface area contributed by atoms with Crippen molar-refractivity contribution in [2.75, 3.05) is 5.32 Å². The van der Waals surface area contributed by atoms with Crippen LogP contribution in [0.2, 0.25) is 0 Å². The average Bonchev–Trinajstić information content (AvgIpc) is 2.67. The molecule has 2 rings (SSSR count). The van der Waals surface area contributed by atoms with Crippen LogP contribution in [0.1, 0.15) is 6.92 Å². The highest BCUT2D eigenvalue weighted by molar-refractivity contribution is 5.86. The summed E-state index contributed by atoms with van der Waals surface area (Å²) in [6.45, 7) is 1.38. The largest absolute Gasteiger partial charge is 0.328 e. The van der Waals surface area contributed by atoms with E-state index in [9.17, 15) is 4.79 Å². The Morgan fingerprint density at radius 2 is 2.07 bits per heavy atom. The van der Waals surface area contributed by atoms with Crippen LogP contribution in [0.5, 0.6) is 0 Å². The molecule has 1 amide bonds. The van der Waals surface area contributed by atoms with E-state index in [1.54, 1.807) is 0 Å². The number of nitrogens with zero attached hydrogens (tertiary/aromatic N) is 2. The molecule has 5 nitrogen and oxygen atoms in total. The maximum atomic E-state index is 10.7. The predicted octanol–water partition coefficient (Wildman–Crippen LogP) is 1.69. The number of anilines is 1. The molecular formula is C10H9N3O2. The second kappa shape index (κ2) is 3.91. The highest BCUT2D eigenvalue weighted by Gasteiger charge is 2.08. The molecule has 0 spiro atoms. The third-order valence-electron chi connectivity index (χ3n) is 1.74. The maximum absolute atomic E-state index is 10.7. The van der Waals surface area contributed by atoms with Gasteiger partial charge in [-0.1, -0.05) is 35.5 Å². The summed E-state index contributed by atoms with van der Waals surface area (Å²) in [5.74, 6) is 0.220. The SMILES string of the molecule is CC(=O)Nc1nc(-c2ccccc2)no1. The number of carbonyl (C=O) groups is 1. The third kappa shape index (κ3) is 2.19. The highest BCUT2D eigenvalue weighted by atomic mass is 16.5. The van der Waals surface area contributed by atoms with Crippen molar-refractivity contribution in [2.45, 2.75) is 6.92 Å². The molecule has 0 aliphatic rings. The fraction of sp³-hybridized carbons (Fsp3) is 0.100. The second-order valence-electron chi connectivity index (χ2n) is 2.97. The third-order valence-corrected chi connectivity index (χ3v) is 1.74. The van der Waals surface area contributed by atoms with Gasteiger partial charge < -0.3 is 4.52 Å². The molecule has 1 aromatic heterocycles. The number of nitrogens with one attached hydrogen (secondary N) is 1. The van der Waals surface area contributed by atoms with Crippen LogP contribution in [0.25, 0.3) is 11.4 Å². The van der Waals surface area contributed by atoms with Crippen LogP contribution in [-0.4, -0.2) is 16.0 Å². The molecule has 15 heavy (non-hydrogen) atoms. The number of aromatic nitrogens is 2. The zero-order chi connectivity index (χ0) is 10.7. The number of carbonyl (C=O) groups excluding carboxylic acids is 1. The van der Waals surface area contributed by atoms with E-state index >= 15 is 0 Å². The molecule has 0 unspecified atom stereocenters. The summed E-state index contributed by atoms with van der Waals surface area (Å²) in [7, 11) is 0. The number of amides is 1. The summed E-state index contributed by atoms with van der Waals surface area (Å²) in [6.07, 6.45) is 0. The molecule has 0 aliphatic heterocycles. The smallest absolute Gasteiger partial charge is 0.315 e. The average molecular weight is 203 g/mol. The van der Waals surface area contributed by atoms with Crippen LogP contribution >= 0.6 is 0 Å². The highest BCUT2D eigenvalue weighted by Crippen LogP contribution is 2.16. The standard InChI is InChI=1S/C10H9N3O2/c1-7(14)11-10-12-9(13-15-10)8-5-3-2-4-6-8/h2-6H,1H3,(H,11,12,13,14). The Morgan fingerprint density at radius 3 is 2.73 bits per heavy atom. The van der Waals surface area contributed by atoms with Crippen molar-refractivity contribution >= 4 is 11.9 Å². The predicted molar refractivity (Wildman–Crippen MR) is 54.0 cm³/mol. The Kier molecular flexibility index (Phi) is 2.45. The first-order valence-corrected chi connectivity index (χ1v) is 4.42. The molecule has 76 valence electrons. The van der Waals surface area contributed by atoms with Gasteiger partial charge in [0.1, 0.15) is 0 Å². The van der Waals surface area contributed by atoms with Gasteiger partial charge in [0.2, 0.25) is 11.7 Å². The van der Waals surface area contributed by atoms with Gasteiger partial charge in [-0.15, -0.1) is 0 Å². The molecule has 5 heteroatoms. The van der Waals surface area contributed by atoms with E-state index in [1.165, 1.54) is 6.92 Å². The van der Waals surface area contributed by atoms with Gasteiger partial charge in [0.25, 0.3) is 0 Å². The number of hydrogen-bond acceptors (Lipinski definition) is 4. The molecule has 2 aromatic rings. The van der Waals surface area contributed by atoms with Crippen molar-refractivity contribution in [1.82, 2.24) is 10.1 Å². The Morgan fingerprint density at radius 1 is 1.33 bits per heavy atom. The monoisotopic (exact) mass is 203 g/mol. The van der Waals surface area contributed by atoms with E-state index in [2.05, 4.69) is 15.5 Å². The van der Waals surface area contributed by atoms with E-state index in [0.29, 0.717) is 5.82 Å². The first kappa shape index (κ1) is 9.39. The molecule has 0 bridgehead atoms. The molecular weight excluding hydrogens is 194 g/mol. The van der Waals surface area contributed by atoms with E-state index in [1.807, 2.05) is 30.3 Å². The lowest BCUT2D eigenvalue weighted by molar-refractivity contribution is -0.114. The minimum absolute atomic E-state index is 0.112. The Bertz CT molecular complexity index is 465. The van der Waals surface area contributed by atoms with Gasteiger partial charge in [-0.3, -0.25) is 10.1 Å². The molecule has 1 heterocycles. The summed E-state index contributed by atoms with van der Waals surface area (Å²) in [4.78, 5) is 14.7. The van der Waals surface area contributed by atoms with E-state index in [0.717, 1.165) is 5.56 Å². The minimum Gasteiger partial charge on any atom is -0.315 e. The summed E-state index contributed by atoms with van der Waals surface area (Å²) in [5.41, 5.74) is 0.845. The Balaban J connectivity index is 2.24. The number of benzene rings is 1. The molecule has 1 aromatic carbocycles. The molecule has 0 aliphatic carbocycles. The second-order valence-corrected chi connectivity index (χ2v) is 2.97. The molecule has 0 fully saturated rings. The molecule has 0 radical (unpaired) electrons. The molecule has 0 atom stereocenters. The summed E-state index contributed by atoms with van der Waals surface area (Å²) < 4.78 is 4.84. The van der Waals surface area contributed by atoms with Gasteiger partial charge in [0.15, 0.2) is 0 Å². The van der Waals surface area contributed by atoms with Gasteiger partial charge in [-0.05, 0) is 0 Å². The van der Waals surface area contributed by atoms with Crippen molar-refractivity contribution in [3.8, 4) is 11.4 Å². The van der Waals surface area contributed by atoms with E-state index in [-0.39, 0.29) is 11.9 Å². The van der Waals surface area contributed by atoms with Gasteiger partial charge in [-0.25, -0.2) is 0 Å². The zero-order valence-corrected chi connectivity index (χ0v) is 8.10. The van der Waals surface area contributed by atoms with Crippen LogP contribution in [0.3, 0.4) is 0 Å². The summed E-state index contributed by atoms with van der Waals surface area (Å²) in [6, 6.07) is 9.50. The summed E-state index contributed by atoms with van der Waals surface area (Å²) >= 11 is 0. The van der Waals surface area contributed by atoms with Crippen molar-refractivity contribution < 1.29 is 9.32 Å². The summed E-state index contributed by atoms with van der Waals surface area (Å²) in [5, 5.41) is 6.15. The fourth-order valence-electron chi connectivity index (χ4n) is 1.13. The first-order chi connectivity index (χ1) is 7.25. The topological polar surface area (TPSA) is 68.0 Å². The lowest BCUT2D eigenvalue weighted by Crippen LogP contribution is -2.05. The van der Waals surface area contributed by atoms with E-state index in [4.69, 9.17) is 4.52 Å².